The van der Waals surface area contributed by atoms with Crippen molar-refractivity contribution in [1.29, 1.82) is 0 Å². The average Bonchev–Trinajstić information content (AvgIpc) is 3.15. The number of aromatic nitrogens is 2. The van der Waals surface area contributed by atoms with Gasteiger partial charge in [-0.15, -0.1) is 0 Å². The Balaban J connectivity index is 1.72. The van der Waals surface area contributed by atoms with Crippen molar-refractivity contribution in [3.8, 4) is 0 Å². The van der Waals surface area contributed by atoms with E-state index in [1.165, 1.54) is 11.1 Å². The summed E-state index contributed by atoms with van der Waals surface area (Å²) in [6, 6.07) is 2.66. The van der Waals surface area contributed by atoms with Crippen molar-refractivity contribution in [1.82, 2.24) is 14.7 Å². The third kappa shape index (κ3) is 2.95. The summed E-state index contributed by atoms with van der Waals surface area (Å²) >= 11 is 1.77. The zero-order valence-electron chi connectivity index (χ0n) is 12.0. The van der Waals surface area contributed by atoms with Gasteiger partial charge < -0.3 is 4.74 Å². The van der Waals surface area contributed by atoms with Gasteiger partial charge >= 0.3 is 0 Å². The second kappa shape index (κ2) is 6.08. The number of aryl methyl sites for hydroxylation is 1. The van der Waals surface area contributed by atoms with E-state index < -0.39 is 0 Å². The van der Waals surface area contributed by atoms with Crippen LogP contribution in [0.5, 0.6) is 0 Å². The van der Waals surface area contributed by atoms with Crippen LogP contribution in [0.25, 0.3) is 0 Å². The van der Waals surface area contributed by atoms with Crippen LogP contribution in [-0.4, -0.2) is 40.5 Å². The minimum absolute atomic E-state index is 0.328. The molecule has 0 N–H and O–H groups in total. The lowest BCUT2D eigenvalue weighted by Gasteiger charge is -2.27. The first-order valence-electron chi connectivity index (χ1n) is 7.01. The molecule has 1 fully saturated rings. The smallest absolute Gasteiger partial charge is 0.0742 e. The number of methoxy groups -OCH3 is 1. The predicted octanol–water partition coefficient (Wildman–Crippen LogP) is 2.31. The molecule has 0 aliphatic carbocycles. The highest BCUT2D eigenvalue weighted by atomic mass is 32.1. The SMILES string of the molecule is CO[C@@H]1CCN(Cc2ccsc2)[C@@H]1Cc1cnn(C)c1. The maximum Gasteiger partial charge on any atom is 0.0742 e. The van der Waals surface area contributed by atoms with Crippen LogP contribution < -0.4 is 0 Å². The van der Waals surface area contributed by atoms with Crippen molar-refractivity contribution >= 4 is 11.3 Å². The molecule has 1 aliphatic heterocycles. The molecule has 2 aromatic heterocycles. The lowest BCUT2D eigenvalue weighted by molar-refractivity contribution is 0.0639. The van der Waals surface area contributed by atoms with E-state index in [-0.39, 0.29) is 0 Å². The Morgan fingerprint density at radius 1 is 1.45 bits per heavy atom. The van der Waals surface area contributed by atoms with E-state index in [4.69, 9.17) is 4.74 Å². The molecule has 20 heavy (non-hydrogen) atoms. The Hall–Kier alpha value is -1.17. The Labute approximate surface area is 124 Å². The highest BCUT2D eigenvalue weighted by Gasteiger charge is 2.34. The standard InChI is InChI=1S/C15H21N3OS/c1-17-9-13(8-16-17)7-14-15(19-2)3-5-18(14)10-12-4-6-20-11-12/h4,6,8-9,11,14-15H,3,5,7,10H2,1-2H3/t14-,15-/m1/s1. The van der Waals surface area contributed by atoms with Crippen LogP contribution >= 0.6 is 11.3 Å². The molecule has 0 spiro atoms. The normalized spacial score (nSPS) is 23.5. The number of likely N-dealkylation sites (tertiary alicyclic amines) is 1. The molecule has 0 bridgehead atoms. The Morgan fingerprint density at radius 2 is 2.35 bits per heavy atom. The third-order valence-electron chi connectivity index (χ3n) is 4.07. The fourth-order valence-electron chi connectivity index (χ4n) is 3.05. The second-order valence-electron chi connectivity index (χ2n) is 5.46. The highest BCUT2D eigenvalue weighted by Crippen LogP contribution is 2.26. The number of hydrogen-bond donors (Lipinski definition) is 0. The van der Waals surface area contributed by atoms with Gasteiger partial charge in [0.05, 0.1) is 12.3 Å². The summed E-state index contributed by atoms with van der Waals surface area (Å²) in [4.78, 5) is 2.54. The molecule has 108 valence electrons. The zero-order valence-corrected chi connectivity index (χ0v) is 12.8. The maximum atomic E-state index is 5.69. The van der Waals surface area contributed by atoms with E-state index in [0.29, 0.717) is 12.1 Å². The van der Waals surface area contributed by atoms with Crippen molar-refractivity contribution in [3.05, 3.63) is 40.3 Å². The van der Waals surface area contributed by atoms with Crippen LogP contribution in [0.1, 0.15) is 17.5 Å². The average molecular weight is 291 g/mol. The van der Waals surface area contributed by atoms with E-state index >= 15 is 0 Å². The molecular formula is C15H21N3OS. The van der Waals surface area contributed by atoms with Crippen molar-refractivity contribution in [2.75, 3.05) is 13.7 Å². The zero-order chi connectivity index (χ0) is 13.9. The summed E-state index contributed by atoms with van der Waals surface area (Å²) in [5.41, 5.74) is 2.69. The van der Waals surface area contributed by atoms with Crippen LogP contribution in [-0.2, 0) is 24.8 Å². The van der Waals surface area contributed by atoms with Crippen molar-refractivity contribution in [3.63, 3.8) is 0 Å². The van der Waals surface area contributed by atoms with Crippen molar-refractivity contribution < 1.29 is 4.74 Å². The Bertz CT molecular complexity index is 537. The maximum absolute atomic E-state index is 5.69. The van der Waals surface area contributed by atoms with Gasteiger partial charge in [0.2, 0.25) is 0 Å². The van der Waals surface area contributed by atoms with Gasteiger partial charge in [0.25, 0.3) is 0 Å². The summed E-state index contributed by atoms with van der Waals surface area (Å²) in [7, 11) is 3.80. The van der Waals surface area contributed by atoms with Crippen LogP contribution in [0, 0.1) is 0 Å². The summed E-state index contributed by atoms with van der Waals surface area (Å²) < 4.78 is 7.56. The molecule has 0 unspecified atom stereocenters. The summed E-state index contributed by atoms with van der Waals surface area (Å²) in [6.45, 7) is 2.13. The quantitative estimate of drug-likeness (QED) is 0.847. The van der Waals surface area contributed by atoms with E-state index in [0.717, 1.165) is 25.9 Å². The molecule has 0 aromatic carbocycles. The number of nitrogens with zero attached hydrogens (tertiary/aromatic N) is 3. The molecule has 2 atom stereocenters. The van der Waals surface area contributed by atoms with E-state index in [1.54, 1.807) is 11.3 Å². The molecule has 5 heteroatoms. The summed E-state index contributed by atoms with van der Waals surface area (Å²) in [6.07, 6.45) is 6.53. The Morgan fingerprint density at radius 3 is 3.00 bits per heavy atom. The Kier molecular flexibility index (Phi) is 4.19. The molecule has 3 rings (SSSR count). The summed E-state index contributed by atoms with van der Waals surface area (Å²) in [5.74, 6) is 0. The summed E-state index contributed by atoms with van der Waals surface area (Å²) in [5, 5.41) is 8.65. The van der Waals surface area contributed by atoms with Gasteiger partial charge in [0, 0.05) is 39.5 Å². The molecule has 0 amide bonds. The van der Waals surface area contributed by atoms with Crippen molar-refractivity contribution in [2.45, 2.75) is 31.5 Å². The number of hydrogen-bond acceptors (Lipinski definition) is 4. The molecular weight excluding hydrogens is 270 g/mol. The van der Waals surface area contributed by atoms with Crippen LogP contribution in [0.15, 0.2) is 29.2 Å². The van der Waals surface area contributed by atoms with Crippen LogP contribution in [0.2, 0.25) is 0 Å². The topological polar surface area (TPSA) is 30.3 Å². The fourth-order valence-corrected chi connectivity index (χ4v) is 3.71. The van der Waals surface area contributed by atoms with Gasteiger partial charge in [-0.05, 0) is 40.8 Å². The fraction of sp³-hybridized carbons (Fsp3) is 0.533. The van der Waals surface area contributed by atoms with Crippen LogP contribution in [0.3, 0.4) is 0 Å². The lowest BCUT2D eigenvalue weighted by Crippen LogP contribution is -2.37. The van der Waals surface area contributed by atoms with E-state index in [1.807, 2.05) is 25.0 Å². The first kappa shape index (κ1) is 13.8. The number of ether oxygens (including phenoxy) is 1. The lowest BCUT2D eigenvalue weighted by atomic mass is 10.0. The molecule has 3 heterocycles. The van der Waals surface area contributed by atoms with Gasteiger partial charge in [0.15, 0.2) is 0 Å². The molecule has 4 nitrogen and oxygen atoms in total. The second-order valence-corrected chi connectivity index (χ2v) is 6.24. The number of thiophene rings is 1. The predicted molar refractivity (Wildman–Crippen MR) is 80.8 cm³/mol. The molecule has 0 radical (unpaired) electrons. The van der Waals surface area contributed by atoms with E-state index in [2.05, 4.69) is 33.0 Å². The first-order chi connectivity index (χ1) is 9.76. The van der Waals surface area contributed by atoms with Gasteiger partial charge in [-0.3, -0.25) is 9.58 Å². The largest absolute Gasteiger partial charge is 0.380 e. The van der Waals surface area contributed by atoms with Crippen LogP contribution in [0.4, 0.5) is 0 Å². The van der Waals surface area contributed by atoms with E-state index in [9.17, 15) is 0 Å². The molecule has 1 saturated heterocycles. The van der Waals surface area contributed by atoms with Gasteiger partial charge in [-0.2, -0.15) is 16.4 Å². The van der Waals surface area contributed by atoms with Gasteiger partial charge in [-0.1, -0.05) is 0 Å². The van der Waals surface area contributed by atoms with Gasteiger partial charge in [0.1, 0.15) is 0 Å². The van der Waals surface area contributed by atoms with Crippen molar-refractivity contribution in [2.24, 2.45) is 7.05 Å². The first-order valence-corrected chi connectivity index (χ1v) is 7.96. The van der Waals surface area contributed by atoms with Gasteiger partial charge in [-0.25, -0.2) is 0 Å². The molecule has 1 aliphatic rings. The number of rotatable bonds is 5. The third-order valence-corrected chi connectivity index (χ3v) is 4.80. The minimum atomic E-state index is 0.328. The minimum Gasteiger partial charge on any atom is -0.380 e. The molecule has 0 saturated carbocycles. The monoisotopic (exact) mass is 291 g/mol. The highest BCUT2D eigenvalue weighted by molar-refractivity contribution is 7.07. The molecule has 2 aromatic rings.